The Balaban J connectivity index is 1.90. The number of aromatic nitrogens is 1. The van der Waals surface area contributed by atoms with Crippen LogP contribution in [0.1, 0.15) is 51.4 Å². The molecule has 2 heterocycles. The van der Waals surface area contributed by atoms with Crippen LogP contribution in [0.3, 0.4) is 0 Å². The van der Waals surface area contributed by atoms with Gasteiger partial charge in [0, 0.05) is 42.6 Å². The Bertz CT molecular complexity index is 916. The lowest BCUT2D eigenvalue weighted by molar-refractivity contribution is -0.134. The van der Waals surface area contributed by atoms with Crippen molar-refractivity contribution in [1.82, 2.24) is 19.7 Å². The van der Waals surface area contributed by atoms with E-state index in [-0.39, 0.29) is 30.1 Å². The molecule has 1 aliphatic heterocycles. The van der Waals surface area contributed by atoms with Crippen molar-refractivity contribution in [3.05, 3.63) is 53.9 Å². The molecule has 31 heavy (non-hydrogen) atoms. The quantitative estimate of drug-likeness (QED) is 0.767. The predicted molar refractivity (Wildman–Crippen MR) is 121 cm³/mol. The Hall–Kier alpha value is -2.96. The van der Waals surface area contributed by atoms with Crippen LogP contribution >= 0.6 is 0 Å². The first kappa shape index (κ1) is 22.7. The Morgan fingerprint density at radius 1 is 1.16 bits per heavy atom. The van der Waals surface area contributed by atoms with Gasteiger partial charge in [0.1, 0.15) is 18.3 Å². The number of nitrogens with zero attached hydrogens (tertiary/aromatic N) is 3. The Kier molecular flexibility index (Phi) is 6.93. The molecule has 1 aliphatic rings. The van der Waals surface area contributed by atoms with Crippen LogP contribution in [0.25, 0.3) is 0 Å². The lowest BCUT2D eigenvalue weighted by atomic mass is 9.98. The van der Waals surface area contributed by atoms with E-state index < -0.39 is 0 Å². The van der Waals surface area contributed by atoms with Gasteiger partial charge in [-0.1, -0.05) is 25.1 Å². The molecule has 3 rings (SSSR count). The molecule has 0 saturated carbocycles. The molecule has 2 aromatic rings. The minimum atomic E-state index is -0.363. The van der Waals surface area contributed by atoms with Crippen LogP contribution in [0.4, 0.5) is 4.79 Å². The molecule has 0 saturated heterocycles. The summed E-state index contributed by atoms with van der Waals surface area (Å²) in [6.45, 7) is 9.69. The molecule has 1 aromatic carbocycles. The second kappa shape index (κ2) is 9.45. The molecule has 7 heteroatoms. The molecule has 1 atom stereocenters. The van der Waals surface area contributed by atoms with Gasteiger partial charge in [0.2, 0.25) is 5.91 Å². The van der Waals surface area contributed by atoms with E-state index >= 15 is 0 Å². The van der Waals surface area contributed by atoms with Crippen molar-refractivity contribution in [1.29, 1.82) is 0 Å². The number of benzene rings is 1. The summed E-state index contributed by atoms with van der Waals surface area (Å²) in [5.41, 5.74) is 1.63. The standard InChI is InChI=1S/C24H34N4O3/c1-6-13-27(23(30)25-24(2,3)4)17-21(29)28-16-15-26-14-9-11-19(26)22(28)18-10-7-8-12-20(18)31-5/h7-12,14,22H,6,13,15-17H2,1-5H3,(H,25,30). The monoisotopic (exact) mass is 426 g/mol. The van der Waals surface area contributed by atoms with Crippen LogP contribution in [-0.2, 0) is 11.3 Å². The van der Waals surface area contributed by atoms with Crippen molar-refractivity contribution in [2.75, 3.05) is 26.7 Å². The summed E-state index contributed by atoms with van der Waals surface area (Å²) in [5.74, 6) is 0.678. The van der Waals surface area contributed by atoms with Crippen LogP contribution in [-0.4, -0.2) is 58.6 Å². The maximum atomic E-state index is 13.5. The number of urea groups is 1. The third-order valence-corrected chi connectivity index (χ3v) is 5.38. The van der Waals surface area contributed by atoms with Gasteiger partial charge < -0.3 is 24.4 Å². The van der Waals surface area contributed by atoms with E-state index in [9.17, 15) is 9.59 Å². The molecule has 0 spiro atoms. The van der Waals surface area contributed by atoms with Crippen LogP contribution in [0.5, 0.6) is 5.75 Å². The molecule has 3 amide bonds. The van der Waals surface area contributed by atoms with Crippen molar-refractivity contribution in [2.24, 2.45) is 0 Å². The van der Waals surface area contributed by atoms with Gasteiger partial charge in [0.25, 0.3) is 0 Å². The topological polar surface area (TPSA) is 66.8 Å². The number of rotatable bonds is 6. The number of hydrogen-bond acceptors (Lipinski definition) is 3. The molecule has 0 radical (unpaired) electrons. The van der Waals surface area contributed by atoms with E-state index in [0.29, 0.717) is 13.1 Å². The zero-order chi connectivity index (χ0) is 22.6. The lowest BCUT2D eigenvalue weighted by Crippen LogP contribution is -2.53. The summed E-state index contributed by atoms with van der Waals surface area (Å²) in [7, 11) is 1.65. The molecule has 1 aromatic heterocycles. The minimum Gasteiger partial charge on any atom is -0.496 e. The molecule has 0 bridgehead atoms. The van der Waals surface area contributed by atoms with Gasteiger partial charge in [0.05, 0.1) is 7.11 Å². The number of amides is 3. The molecule has 7 nitrogen and oxygen atoms in total. The van der Waals surface area contributed by atoms with Crippen LogP contribution in [0.15, 0.2) is 42.6 Å². The largest absolute Gasteiger partial charge is 0.496 e. The van der Waals surface area contributed by atoms with Gasteiger partial charge in [-0.3, -0.25) is 4.79 Å². The van der Waals surface area contributed by atoms with Gasteiger partial charge in [-0.2, -0.15) is 0 Å². The van der Waals surface area contributed by atoms with Crippen LogP contribution in [0.2, 0.25) is 0 Å². The average Bonchev–Trinajstić information content (AvgIpc) is 3.20. The van der Waals surface area contributed by atoms with Crippen molar-refractivity contribution in [3.8, 4) is 5.75 Å². The minimum absolute atomic E-state index is 0.0438. The van der Waals surface area contributed by atoms with Crippen molar-refractivity contribution in [2.45, 2.75) is 52.2 Å². The molecule has 1 N–H and O–H groups in total. The molecular weight excluding hydrogens is 392 g/mol. The average molecular weight is 427 g/mol. The lowest BCUT2D eigenvalue weighted by Gasteiger charge is -2.39. The third-order valence-electron chi connectivity index (χ3n) is 5.38. The second-order valence-electron chi connectivity index (χ2n) is 8.96. The first-order valence-electron chi connectivity index (χ1n) is 10.9. The van der Waals surface area contributed by atoms with Crippen molar-refractivity contribution >= 4 is 11.9 Å². The normalized spacial score (nSPS) is 15.9. The van der Waals surface area contributed by atoms with E-state index in [1.165, 1.54) is 0 Å². The first-order chi connectivity index (χ1) is 14.7. The third kappa shape index (κ3) is 5.21. The predicted octanol–water partition coefficient (Wildman–Crippen LogP) is 3.65. The number of fused-ring (bicyclic) bond motifs is 1. The molecular formula is C24H34N4O3. The number of para-hydroxylation sites is 1. The Morgan fingerprint density at radius 2 is 1.90 bits per heavy atom. The smallest absolute Gasteiger partial charge is 0.318 e. The fraction of sp³-hybridized carbons (Fsp3) is 0.500. The fourth-order valence-electron chi connectivity index (χ4n) is 4.05. The van der Waals surface area contributed by atoms with Gasteiger partial charge in [-0.25, -0.2) is 4.79 Å². The summed E-state index contributed by atoms with van der Waals surface area (Å²) in [4.78, 5) is 29.8. The number of nitrogens with one attached hydrogen (secondary N) is 1. The highest BCUT2D eigenvalue weighted by molar-refractivity contribution is 5.85. The van der Waals surface area contributed by atoms with Gasteiger partial charge in [-0.05, 0) is 45.4 Å². The van der Waals surface area contributed by atoms with E-state index in [1.807, 2.05) is 75.2 Å². The Morgan fingerprint density at radius 3 is 2.58 bits per heavy atom. The number of carbonyl (C=O) groups excluding carboxylic acids is 2. The summed E-state index contributed by atoms with van der Waals surface area (Å²) in [6, 6.07) is 11.4. The highest BCUT2D eigenvalue weighted by atomic mass is 16.5. The summed E-state index contributed by atoms with van der Waals surface area (Å²) in [6.07, 6.45) is 2.82. The van der Waals surface area contributed by atoms with Gasteiger partial charge >= 0.3 is 6.03 Å². The first-order valence-corrected chi connectivity index (χ1v) is 10.9. The second-order valence-corrected chi connectivity index (χ2v) is 8.96. The molecule has 168 valence electrons. The van der Waals surface area contributed by atoms with Gasteiger partial charge in [0.15, 0.2) is 0 Å². The maximum Gasteiger partial charge on any atom is 0.318 e. The van der Waals surface area contributed by atoms with Crippen LogP contribution < -0.4 is 10.1 Å². The number of ether oxygens (including phenoxy) is 1. The summed E-state index contributed by atoms with van der Waals surface area (Å²) in [5, 5.41) is 2.98. The zero-order valence-corrected chi connectivity index (χ0v) is 19.2. The maximum absolute atomic E-state index is 13.5. The van der Waals surface area contributed by atoms with Crippen molar-refractivity contribution < 1.29 is 14.3 Å². The van der Waals surface area contributed by atoms with E-state index in [2.05, 4.69) is 9.88 Å². The molecule has 1 unspecified atom stereocenters. The molecule has 0 fully saturated rings. The number of carbonyl (C=O) groups is 2. The van der Waals surface area contributed by atoms with E-state index in [4.69, 9.17) is 4.74 Å². The molecule has 0 aliphatic carbocycles. The summed E-state index contributed by atoms with van der Waals surface area (Å²) >= 11 is 0. The number of hydrogen-bond donors (Lipinski definition) is 1. The van der Waals surface area contributed by atoms with Gasteiger partial charge in [-0.15, -0.1) is 0 Å². The SMILES string of the molecule is CCCN(CC(=O)N1CCn2cccc2C1c1ccccc1OC)C(=O)NC(C)(C)C. The summed E-state index contributed by atoms with van der Waals surface area (Å²) < 4.78 is 7.79. The van der Waals surface area contributed by atoms with Crippen LogP contribution in [0, 0.1) is 0 Å². The Labute approximate surface area is 185 Å². The van der Waals surface area contributed by atoms with E-state index in [0.717, 1.165) is 30.0 Å². The number of methoxy groups -OCH3 is 1. The fourth-order valence-corrected chi connectivity index (χ4v) is 4.05. The van der Waals surface area contributed by atoms with Crippen molar-refractivity contribution in [3.63, 3.8) is 0 Å². The highest BCUT2D eigenvalue weighted by Gasteiger charge is 2.35. The highest BCUT2D eigenvalue weighted by Crippen LogP contribution is 2.37. The van der Waals surface area contributed by atoms with E-state index in [1.54, 1.807) is 12.0 Å². The zero-order valence-electron chi connectivity index (χ0n) is 19.2.